The number of nitrogens with one attached hydrogen (secondary N) is 1. The fourth-order valence-electron chi connectivity index (χ4n) is 2.80. The van der Waals surface area contributed by atoms with Gasteiger partial charge in [0.05, 0.1) is 10.9 Å². The first-order chi connectivity index (χ1) is 13.8. The molecule has 0 aliphatic heterocycles. The summed E-state index contributed by atoms with van der Waals surface area (Å²) in [5.74, 6) is -4.01. The summed E-state index contributed by atoms with van der Waals surface area (Å²) in [7, 11) is -4.71. The van der Waals surface area contributed by atoms with Gasteiger partial charge in [-0.05, 0) is 47.5 Å². The molecule has 1 unspecified atom stereocenters. The molecule has 1 atom stereocenters. The topological polar surface area (TPSA) is 63.2 Å². The van der Waals surface area contributed by atoms with E-state index in [2.05, 4.69) is 5.32 Å². The fourth-order valence-corrected chi connectivity index (χ4v) is 3.72. The molecule has 0 bridgehead atoms. The van der Waals surface area contributed by atoms with Gasteiger partial charge in [0.1, 0.15) is 0 Å². The maximum Gasteiger partial charge on any atom is 0.341 e. The summed E-state index contributed by atoms with van der Waals surface area (Å²) in [4.78, 5) is 12.2. The SMILES string of the molecule is O=C(NC(c1ccccc1)c1cccc(Cl)c1)c1ccc(S(=O)(=O)C(F)F)cc1. The molecule has 150 valence electrons. The molecule has 0 saturated carbocycles. The van der Waals surface area contributed by atoms with E-state index in [-0.39, 0.29) is 5.56 Å². The van der Waals surface area contributed by atoms with Crippen LogP contribution in [-0.4, -0.2) is 20.1 Å². The zero-order valence-electron chi connectivity index (χ0n) is 14.9. The molecule has 0 spiro atoms. The van der Waals surface area contributed by atoms with Crippen molar-refractivity contribution < 1.29 is 22.0 Å². The average Bonchev–Trinajstić information content (AvgIpc) is 2.72. The highest BCUT2D eigenvalue weighted by molar-refractivity contribution is 7.91. The first kappa shape index (κ1) is 21.0. The van der Waals surface area contributed by atoms with Gasteiger partial charge in [-0.25, -0.2) is 8.42 Å². The average molecular weight is 436 g/mol. The second-order valence-corrected chi connectivity index (χ2v) is 8.56. The molecule has 0 radical (unpaired) electrons. The smallest absolute Gasteiger partial charge is 0.341 e. The maximum absolute atomic E-state index is 12.7. The van der Waals surface area contributed by atoms with Gasteiger partial charge in [0.25, 0.3) is 5.91 Å². The molecule has 1 amide bonds. The van der Waals surface area contributed by atoms with E-state index in [9.17, 15) is 22.0 Å². The zero-order valence-corrected chi connectivity index (χ0v) is 16.5. The van der Waals surface area contributed by atoms with Gasteiger partial charge in [0, 0.05) is 10.6 Å². The Balaban J connectivity index is 1.89. The lowest BCUT2D eigenvalue weighted by Crippen LogP contribution is -2.29. The van der Waals surface area contributed by atoms with Crippen molar-refractivity contribution >= 4 is 27.3 Å². The summed E-state index contributed by atoms with van der Waals surface area (Å²) in [6.07, 6.45) is 0. The lowest BCUT2D eigenvalue weighted by atomic mass is 9.98. The van der Waals surface area contributed by atoms with E-state index in [0.717, 1.165) is 23.3 Å². The van der Waals surface area contributed by atoms with Crippen molar-refractivity contribution in [2.24, 2.45) is 0 Å². The third-order valence-electron chi connectivity index (χ3n) is 4.27. The van der Waals surface area contributed by atoms with Crippen LogP contribution in [0.15, 0.2) is 83.8 Å². The summed E-state index contributed by atoms with van der Waals surface area (Å²) < 4.78 is 48.4. The number of carbonyl (C=O) groups is 1. The number of alkyl halides is 2. The molecular formula is C21H16ClF2NO3S. The second kappa shape index (κ2) is 8.71. The third-order valence-corrected chi connectivity index (χ3v) is 5.90. The van der Waals surface area contributed by atoms with Gasteiger partial charge in [0.2, 0.25) is 9.84 Å². The number of amides is 1. The van der Waals surface area contributed by atoms with Crippen LogP contribution in [0.3, 0.4) is 0 Å². The molecule has 29 heavy (non-hydrogen) atoms. The zero-order chi connectivity index (χ0) is 21.0. The van der Waals surface area contributed by atoms with Gasteiger partial charge < -0.3 is 5.32 Å². The van der Waals surface area contributed by atoms with Gasteiger partial charge >= 0.3 is 5.76 Å². The Morgan fingerprint density at radius 2 is 1.48 bits per heavy atom. The number of halogens is 3. The summed E-state index contributed by atoms with van der Waals surface area (Å²) in [5.41, 5.74) is 1.72. The van der Waals surface area contributed by atoms with Crippen molar-refractivity contribution in [3.05, 3.63) is 101 Å². The van der Waals surface area contributed by atoms with Crippen molar-refractivity contribution in [1.29, 1.82) is 0 Å². The Morgan fingerprint density at radius 3 is 2.07 bits per heavy atom. The van der Waals surface area contributed by atoms with Crippen LogP contribution in [0.5, 0.6) is 0 Å². The number of carbonyl (C=O) groups excluding carboxylic acids is 1. The number of sulfone groups is 1. The van der Waals surface area contributed by atoms with Gasteiger partial charge in [0.15, 0.2) is 0 Å². The highest BCUT2D eigenvalue weighted by Gasteiger charge is 2.26. The van der Waals surface area contributed by atoms with Crippen molar-refractivity contribution in [3.8, 4) is 0 Å². The fraction of sp³-hybridized carbons (Fsp3) is 0.0952. The van der Waals surface area contributed by atoms with Crippen LogP contribution >= 0.6 is 11.6 Å². The number of hydrogen-bond acceptors (Lipinski definition) is 3. The lowest BCUT2D eigenvalue weighted by Gasteiger charge is -2.20. The second-order valence-electron chi connectivity index (χ2n) is 6.20. The monoisotopic (exact) mass is 435 g/mol. The Labute approximate surface area is 172 Å². The van der Waals surface area contributed by atoms with Crippen molar-refractivity contribution in [1.82, 2.24) is 5.32 Å². The first-order valence-electron chi connectivity index (χ1n) is 8.52. The quantitative estimate of drug-likeness (QED) is 0.601. The first-order valence-corrected chi connectivity index (χ1v) is 10.4. The van der Waals surface area contributed by atoms with Crippen molar-refractivity contribution in [3.63, 3.8) is 0 Å². The van der Waals surface area contributed by atoms with E-state index in [1.807, 2.05) is 36.4 Å². The van der Waals surface area contributed by atoms with Gasteiger partial charge in [-0.1, -0.05) is 54.1 Å². The molecule has 3 aromatic rings. The summed E-state index contributed by atoms with van der Waals surface area (Å²) in [6, 6.07) is 20.1. The standard InChI is InChI=1S/C21H16ClF2NO3S/c22-17-8-4-7-16(13-17)19(14-5-2-1-3-6-14)25-20(26)15-9-11-18(12-10-15)29(27,28)21(23)24/h1-13,19,21H,(H,25,26). The Hall–Kier alpha value is -2.77. The summed E-state index contributed by atoms with van der Waals surface area (Å²) in [6.45, 7) is 0. The molecule has 0 saturated heterocycles. The molecule has 0 aliphatic rings. The molecule has 4 nitrogen and oxygen atoms in total. The van der Waals surface area contributed by atoms with Gasteiger partial charge in [-0.3, -0.25) is 4.79 Å². The van der Waals surface area contributed by atoms with E-state index in [1.54, 1.807) is 18.2 Å². The Bertz CT molecular complexity index is 1100. The highest BCUT2D eigenvalue weighted by atomic mass is 35.5. The number of rotatable bonds is 6. The third kappa shape index (κ3) is 4.81. The minimum absolute atomic E-state index is 0.140. The molecule has 0 fully saturated rings. The van der Waals surface area contributed by atoms with Crippen LogP contribution in [0, 0.1) is 0 Å². The molecule has 1 N–H and O–H groups in total. The van der Waals surface area contributed by atoms with Crippen molar-refractivity contribution in [2.75, 3.05) is 0 Å². The molecule has 3 aromatic carbocycles. The lowest BCUT2D eigenvalue weighted by molar-refractivity contribution is 0.0943. The minimum atomic E-state index is -4.71. The normalized spacial score (nSPS) is 12.6. The highest BCUT2D eigenvalue weighted by Crippen LogP contribution is 2.25. The summed E-state index contributed by atoms with van der Waals surface area (Å²) in [5, 5.41) is 3.39. The van der Waals surface area contributed by atoms with E-state index in [1.165, 1.54) is 12.1 Å². The summed E-state index contributed by atoms with van der Waals surface area (Å²) >= 11 is 6.08. The molecule has 0 aromatic heterocycles. The number of benzene rings is 3. The van der Waals surface area contributed by atoms with Gasteiger partial charge in [-0.15, -0.1) is 0 Å². The van der Waals surface area contributed by atoms with Crippen LogP contribution in [0.2, 0.25) is 5.02 Å². The number of hydrogen-bond donors (Lipinski definition) is 1. The van der Waals surface area contributed by atoms with Crippen LogP contribution in [0.1, 0.15) is 27.5 Å². The molecule has 3 rings (SSSR count). The molecular weight excluding hydrogens is 420 g/mol. The minimum Gasteiger partial charge on any atom is -0.341 e. The molecule has 8 heteroatoms. The molecule has 0 aliphatic carbocycles. The van der Waals surface area contributed by atoms with E-state index < -0.39 is 32.4 Å². The van der Waals surface area contributed by atoms with Crippen LogP contribution < -0.4 is 5.32 Å². The molecule has 0 heterocycles. The Kier molecular flexibility index (Phi) is 6.30. The van der Waals surface area contributed by atoms with Crippen LogP contribution in [0.4, 0.5) is 8.78 Å². The van der Waals surface area contributed by atoms with E-state index >= 15 is 0 Å². The van der Waals surface area contributed by atoms with E-state index in [4.69, 9.17) is 11.6 Å². The Morgan fingerprint density at radius 1 is 0.862 bits per heavy atom. The predicted molar refractivity (Wildman–Crippen MR) is 107 cm³/mol. The largest absolute Gasteiger partial charge is 0.341 e. The van der Waals surface area contributed by atoms with Gasteiger partial charge in [-0.2, -0.15) is 8.78 Å². The maximum atomic E-state index is 12.7. The van der Waals surface area contributed by atoms with Crippen LogP contribution in [-0.2, 0) is 9.84 Å². The van der Waals surface area contributed by atoms with Crippen molar-refractivity contribution in [2.45, 2.75) is 16.7 Å². The van der Waals surface area contributed by atoms with E-state index in [0.29, 0.717) is 5.02 Å². The van der Waals surface area contributed by atoms with Crippen LogP contribution in [0.25, 0.3) is 0 Å². The predicted octanol–water partition coefficient (Wildman–Crippen LogP) is 4.86.